The summed E-state index contributed by atoms with van der Waals surface area (Å²) < 4.78 is 24.5. The van der Waals surface area contributed by atoms with Gasteiger partial charge in [0.1, 0.15) is 6.54 Å². The molecule has 1 unspecified atom stereocenters. The van der Waals surface area contributed by atoms with Gasteiger partial charge in [-0.3, -0.25) is 9.48 Å². The first-order valence-corrected chi connectivity index (χ1v) is 8.07. The Kier molecular flexibility index (Phi) is 4.16. The van der Waals surface area contributed by atoms with Crippen LogP contribution in [0.25, 0.3) is 0 Å². The smallest absolute Gasteiger partial charge is 0.323 e. The van der Waals surface area contributed by atoms with Crippen LogP contribution in [0, 0.1) is 0 Å². The van der Waals surface area contributed by atoms with Crippen LogP contribution in [0.15, 0.2) is 12.4 Å². The van der Waals surface area contributed by atoms with E-state index in [1.807, 2.05) is 0 Å². The Morgan fingerprint density at radius 1 is 1.57 bits per heavy atom. The second-order valence-corrected chi connectivity index (χ2v) is 7.14. The molecule has 0 bridgehead atoms. The fourth-order valence-electron chi connectivity index (χ4n) is 2.21. The Morgan fingerprint density at radius 2 is 2.29 bits per heavy atom. The molecule has 2 N–H and O–H groups in total. The summed E-state index contributed by atoms with van der Waals surface area (Å²) in [7, 11) is -1.53. The van der Waals surface area contributed by atoms with Crippen molar-refractivity contribution in [1.82, 2.24) is 14.7 Å². The second-order valence-electron chi connectivity index (χ2n) is 4.91. The van der Waals surface area contributed by atoms with Gasteiger partial charge < -0.3 is 15.3 Å². The van der Waals surface area contributed by atoms with Crippen LogP contribution in [0.3, 0.4) is 0 Å². The minimum absolute atomic E-state index is 0.0338. The summed E-state index contributed by atoms with van der Waals surface area (Å²) in [5.41, 5.74) is 0.416. The molecular formula is C11H16N4O5S. The van der Waals surface area contributed by atoms with E-state index in [0.717, 1.165) is 4.90 Å². The normalized spacial score (nSPS) is 20.1. The molecule has 1 aliphatic rings. The number of aliphatic carboxylic acids is 1. The van der Waals surface area contributed by atoms with Crippen LogP contribution in [0.5, 0.6) is 0 Å². The molecule has 1 aromatic heterocycles. The van der Waals surface area contributed by atoms with Crippen LogP contribution in [-0.2, 0) is 21.7 Å². The summed E-state index contributed by atoms with van der Waals surface area (Å²) in [5.74, 6) is -1.44. The number of carboxylic acid groups (broad SMARTS) is 1. The fourth-order valence-corrected chi connectivity index (χ4v) is 3.95. The van der Waals surface area contributed by atoms with Crippen molar-refractivity contribution in [2.45, 2.75) is 12.5 Å². The summed E-state index contributed by atoms with van der Waals surface area (Å²) in [6.07, 6.45) is 3.22. The molecule has 1 fully saturated rings. The zero-order valence-electron chi connectivity index (χ0n) is 11.4. The molecule has 2 rings (SSSR count). The molecule has 0 radical (unpaired) electrons. The van der Waals surface area contributed by atoms with Crippen molar-refractivity contribution in [2.75, 3.05) is 23.4 Å². The predicted octanol–water partition coefficient (Wildman–Crippen LogP) is -0.474. The van der Waals surface area contributed by atoms with E-state index in [4.69, 9.17) is 5.11 Å². The van der Waals surface area contributed by atoms with Crippen molar-refractivity contribution < 1.29 is 23.1 Å². The van der Waals surface area contributed by atoms with Crippen LogP contribution in [-0.4, -0.2) is 64.3 Å². The molecule has 1 aliphatic heterocycles. The van der Waals surface area contributed by atoms with Gasteiger partial charge in [0.2, 0.25) is 0 Å². The van der Waals surface area contributed by atoms with Crippen LogP contribution in [0.2, 0.25) is 0 Å². The van der Waals surface area contributed by atoms with Gasteiger partial charge in [-0.15, -0.1) is 0 Å². The minimum Gasteiger partial charge on any atom is -0.480 e. The van der Waals surface area contributed by atoms with Crippen LogP contribution >= 0.6 is 0 Å². The number of sulfone groups is 1. The van der Waals surface area contributed by atoms with Crippen LogP contribution < -0.4 is 5.32 Å². The number of nitrogens with one attached hydrogen (secondary N) is 1. The van der Waals surface area contributed by atoms with E-state index in [-0.39, 0.29) is 17.9 Å². The summed E-state index contributed by atoms with van der Waals surface area (Å²) in [6, 6.07) is -1.27. The van der Waals surface area contributed by atoms with Crippen LogP contribution in [0.4, 0.5) is 10.5 Å². The van der Waals surface area contributed by atoms with Gasteiger partial charge in [-0.2, -0.15) is 5.10 Å². The lowest BCUT2D eigenvalue weighted by atomic mass is 10.2. The topological polar surface area (TPSA) is 122 Å². The molecule has 116 valence electrons. The highest BCUT2D eigenvalue weighted by atomic mass is 32.2. The molecule has 10 heteroatoms. The lowest BCUT2D eigenvalue weighted by Crippen LogP contribution is -2.46. The number of aromatic nitrogens is 2. The number of nitrogens with zero attached hydrogens (tertiary/aromatic N) is 3. The molecule has 21 heavy (non-hydrogen) atoms. The maximum absolute atomic E-state index is 12.2. The van der Waals surface area contributed by atoms with Crippen molar-refractivity contribution >= 4 is 27.5 Å². The molecule has 9 nitrogen and oxygen atoms in total. The number of carboxylic acids is 1. The van der Waals surface area contributed by atoms with Crippen molar-refractivity contribution in [3.05, 3.63) is 12.4 Å². The molecule has 0 aromatic carbocycles. The third-order valence-electron chi connectivity index (χ3n) is 3.17. The molecule has 0 aliphatic carbocycles. The maximum atomic E-state index is 12.2. The monoisotopic (exact) mass is 316 g/mol. The van der Waals surface area contributed by atoms with E-state index >= 15 is 0 Å². The van der Waals surface area contributed by atoms with Gasteiger partial charge in [0.05, 0.1) is 23.4 Å². The standard InChI is InChI=1S/C11H16N4O5S/c1-14-5-8(4-12-14)13-11(18)15(6-10(16)17)9-2-3-21(19,20)7-9/h4-5,9H,2-3,6-7H2,1H3,(H,13,18)(H,16,17). The zero-order valence-corrected chi connectivity index (χ0v) is 12.2. The van der Waals surface area contributed by atoms with E-state index in [0.29, 0.717) is 5.69 Å². The van der Waals surface area contributed by atoms with Crippen molar-refractivity contribution in [3.8, 4) is 0 Å². The van der Waals surface area contributed by atoms with E-state index in [1.165, 1.54) is 10.9 Å². The Balaban J connectivity index is 2.12. The average Bonchev–Trinajstić information content (AvgIpc) is 2.92. The first kappa shape index (κ1) is 15.3. The van der Waals surface area contributed by atoms with Gasteiger partial charge in [-0.05, 0) is 6.42 Å². The Hall–Kier alpha value is -2.10. The molecule has 1 aromatic rings. The number of carbonyl (C=O) groups is 2. The van der Waals surface area contributed by atoms with Crippen molar-refractivity contribution in [1.29, 1.82) is 0 Å². The van der Waals surface area contributed by atoms with E-state index in [1.54, 1.807) is 13.2 Å². The maximum Gasteiger partial charge on any atom is 0.323 e. The molecule has 2 amide bonds. The highest BCUT2D eigenvalue weighted by Crippen LogP contribution is 2.19. The Bertz CT molecular complexity index is 653. The quantitative estimate of drug-likeness (QED) is 0.774. The molecule has 1 saturated heterocycles. The zero-order chi connectivity index (χ0) is 15.6. The van der Waals surface area contributed by atoms with Crippen molar-refractivity contribution in [2.24, 2.45) is 7.05 Å². The lowest BCUT2D eigenvalue weighted by Gasteiger charge is -2.26. The largest absolute Gasteiger partial charge is 0.480 e. The number of hydrogen-bond acceptors (Lipinski definition) is 5. The molecule has 1 atom stereocenters. The Labute approximate surface area is 121 Å². The molecule has 0 spiro atoms. The number of rotatable bonds is 4. The summed E-state index contributed by atoms with van der Waals surface area (Å²) in [4.78, 5) is 24.1. The number of aryl methyl sites for hydroxylation is 1. The van der Waals surface area contributed by atoms with Gasteiger partial charge in [-0.25, -0.2) is 13.2 Å². The number of hydrogen-bond donors (Lipinski definition) is 2. The number of urea groups is 1. The fraction of sp³-hybridized carbons (Fsp3) is 0.545. The van der Waals surface area contributed by atoms with Gasteiger partial charge >= 0.3 is 12.0 Å². The van der Waals surface area contributed by atoms with Gasteiger partial charge in [0.25, 0.3) is 0 Å². The van der Waals surface area contributed by atoms with Gasteiger partial charge in [0, 0.05) is 19.3 Å². The van der Waals surface area contributed by atoms with E-state index in [9.17, 15) is 18.0 Å². The first-order valence-electron chi connectivity index (χ1n) is 6.25. The highest BCUT2D eigenvalue weighted by Gasteiger charge is 2.35. The minimum atomic E-state index is -3.21. The third-order valence-corrected chi connectivity index (χ3v) is 4.92. The number of carbonyl (C=O) groups excluding carboxylic acids is 1. The van der Waals surface area contributed by atoms with Gasteiger partial charge in [-0.1, -0.05) is 0 Å². The molecule has 0 saturated carbocycles. The highest BCUT2D eigenvalue weighted by molar-refractivity contribution is 7.91. The number of amides is 2. The van der Waals surface area contributed by atoms with E-state index < -0.39 is 34.4 Å². The molecular weight excluding hydrogens is 300 g/mol. The first-order chi connectivity index (χ1) is 9.77. The number of anilines is 1. The molecule has 2 heterocycles. The Morgan fingerprint density at radius 3 is 2.76 bits per heavy atom. The second kappa shape index (κ2) is 5.72. The predicted molar refractivity (Wildman–Crippen MR) is 73.6 cm³/mol. The lowest BCUT2D eigenvalue weighted by molar-refractivity contribution is -0.138. The average molecular weight is 316 g/mol. The van der Waals surface area contributed by atoms with Crippen molar-refractivity contribution in [3.63, 3.8) is 0 Å². The summed E-state index contributed by atoms with van der Waals surface area (Å²) in [6.45, 7) is -0.549. The van der Waals surface area contributed by atoms with Crippen LogP contribution in [0.1, 0.15) is 6.42 Å². The summed E-state index contributed by atoms with van der Waals surface area (Å²) in [5, 5.41) is 15.3. The SMILES string of the molecule is Cn1cc(NC(=O)N(CC(=O)O)C2CCS(=O)(=O)C2)cn1. The summed E-state index contributed by atoms with van der Waals surface area (Å²) >= 11 is 0. The van der Waals surface area contributed by atoms with Gasteiger partial charge in [0.15, 0.2) is 9.84 Å². The third kappa shape index (κ3) is 3.94. The van der Waals surface area contributed by atoms with E-state index in [2.05, 4.69) is 10.4 Å².